The first-order chi connectivity index (χ1) is 11.8. The minimum Gasteiger partial charge on any atom is -0.503 e. The summed E-state index contributed by atoms with van der Waals surface area (Å²) in [5, 5.41) is 19.4. The van der Waals surface area contributed by atoms with Crippen LogP contribution in [0.5, 0.6) is 0 Å². The Bertz CT molecular complexity index is 763. The van der Waals surface area contributed by atoms with Crippen LogP contribution in [0.25, 0.3) is 0 Å². The SMILES string of the molecule is CCCN(C(=O)C1=C(O)C(=O)N(CC(=O)O)C1)c1ccc(Cl)c(Cl)c1. The van der Waals surface area contributed by atoms with Gasteiger partial charge in [-0.1, -0.05) is 30.1 Å². The lowest BCUT2D eigenvalue weighted by Gasteiger charge is -2.23. The fourth-order valence-corrected chi connectivity index (χ4v) is 2.76. The average molecular weight is 387 g/mol. The number of carboxylic acid groups (broad SMARTS) is 1. The van der Waals surface area contributed by atoms with Gasteiger partial charge in [-0.3, -0.25) is 14.4 Å². The molecule has 0 aliphatic carbocycles. The molecule has 0 fully saturated rings. The largest absolute Gasteiger partial charge is 0.503 e. The summed E-state index contributed by atoms with van der Waals surface area (Å²) in [6, 6.07) is 4.66. The number of hydrogen-bond acceptors (Lipinski definition) is 4. The highest BCUT2D eigenvalue weighted by Gasteiger charge is 2.37. The zero-order chi connectivity index (χ0) is 18.7. The molecular formula is C16H16Cl2N2O5. The summed E-state index contributed by atoms with van der Waals surface area (Å²) in [4.78, 5) is 37.8. The normalized spacial score (nSPS) is 14.2. The third-order valence-electron chi connectivity index (χ3n) is 3.62. The monoisotopic (exact) mass is 386 g/mol. The molecule has 0 spiro atoms. The van der Waals surface area contributed by atoms with Crippen molar-refractivity contribution in [1.82, 2.24) is 4.90 Å². The minimum absolute atomic E-state index is 0.147. The van der Waals surface area contributed by atoms with Crippen LogP contribution < -0.4 is 4.90 Å². The summed E-state index contributed by atoms with van der Waals surface area (Å²) in [7, 11) is 0. The highest BCUT2D eigenvalue weighted by molar-refractivity contribution is 6.42. The van der Waals surface area contributed by atoms with Gasteiger partial charge in [0.15, 0.2) is 5.76 Å². The first kappa shape index (κ1) is 19.1. The standard InChI is InChI=1S/C16H16Cl2N2O5/c1-2-5-20(9-3-4-11(17)12(18)6-9)15(24)10-7-19(8-13(21)22)16(25)14(10)23/h3-4,6,23H,2,5,7-8H2,1H3,(H,21,22). The molecule has 9 heteroatoms. The highest BCUT2D eigenvalue weighted by atomic mass is 35.5. The number of amides is 2. The molecule has 2 rings (SSSR count). The van der Waals surface area contributed by atoms with E-state index in [1.165, 1.54) is 11.0 Å². The predicted octanol–water partition coefficient (Wildman–Crippen LogP) is 2.48. The molecule has 2 amide bonds. The van der Waals surface area contributed by atoms with Crippen LogP contribution in [0.3, 0.4) is 0 Å². The van der Waals surface area contributed by atoms with E-state index >= 15 is 0 Å². The Morgan fingerprint density at radius 2 is 1.96 bits per heavy atom. The predicted molar refractivity (Wildman–Crippen MR) is 93.0 cm³/mol. The molecule has 0 unspecified atom stereocenters. The van der Waals surface area contributed by atoms with Gasteiger partial charge in [-0.25, -0.2) is 0 Å². The highest BCUT2D eigenvalue weighted by Crippen LogP contribution is 2.29. The van der Waals surface area contributed by atoms with E-state index in [9.17, 15) is 19.5 Å². The van der Waals surface area contributed by atoms with Crippen LogP contribution in [0.2, 0.25) is 10.0 Å². The maximum Gasteiger partial charge on any atom is 0.323 e. The molecular weight excluding hydrogens is 371 g/mol. The number of anilines is 1. The van der Waals surface area contributed by atoms with Gasteiger partial charge < -0.3 is 20.0 Å². The van der Waals surface area contributed by atoms with Gasteiger partial charge >= 0.3 is 5.97 Å². The number of nitrogens with zero attached hydrogens (tertiary/aromatic N) is 2. The van der Waals surface area contributed by atoms with E-state index in [0.717, 1.165) is 4.90 Å². The van der Waals surface area contributed by atoms with Gasteiger partial charge in [0.25, 0.3) is 11.8 Å². The van der Waals surface area contributed by atoms with E-state index in [1.807, 2.05) is 6.92 Å². The number of hydrogen-bond donors (Lipinski definition) is 2. The van der Waals surface area contributed by atoms with Crippen molar-refractivity contribution in [2.45, 2.75) is 13.3 Å². The first-order valence-corrected chi connectivity index (χ1v) is 8.22. The van der Waals surface area contributed by atoms with E-state index in [2.05, 4.69) is 0 Å². The average Bonchev–Trinajstić information content (AvgIpc) is 2.82. The molecule has 1 aliphatic heterocycles. The van der Waals surface area contributed by atoms with E-state index in [-0.39, 0.29) is 17.1 Å². The van der Waals surface area contributed by atoms with Crippen LogP contribution in [0.1, 0.15) is 13.3 Å². The summed E-state index contributed by atoms with van der Waals surface area (Å²) in [5.41, 5.74) is 0.316. The quantitative estimate of drug-likeness (QED) is 0.782. The second-order valence-electron chi connectivity index (χ2n) is 5.44. The van der Waals surface area contributed by atoms with Gasteiger partial charge in [0, 0.05) is 12.2 Å². The molecule has 25 heavy (non-hydrogen) atoms. The maximum atomic E-state index is 12.8. The summed E-state index contributed by atoms with van der Waals surface area (Å²) in [5.74, 6) is -3.42. The van der Waals surface area contributed by atoms with Crippen molar-refractivity contribution in [3.05, 3.63) is 39.6 Å². The first-order valence-electron chi connectivity index (χ1n) is 7.46. The fraction of sp³-hybridized carbons (Fsp3) is 0.312. The number of aliphatic carboxylic acids is 1. The van der Waals surface area contributed by atoms with Crippen molar-refractivity contribution < 1.29 is 24.6 Å². The molecule has 2 N–H and O–H groups in total. The smallest absolute Gasteiger partial charge is 0.323 e. The Morgan fingerprint density at radius 3 is 2.52 bits per heavy atom. The van der Waals surface area contributed by atoms with Crippen molar-refractivity contribution >= 4 is 46.7 Å². The second kappa shape index (κ2) is 7.76. The molecule has 0 bridgehead atoms. The summed E-state index contributed by atoms with van der Waals surface area (Å²) < 4.78 is 0. The Hall–Kier alpha value is -2.25. The Kier molecular flexibility index (Phi) is 5.92. The number of benzene rings is 1. The summed E-state index contributed by atoms with van der Waals surface area (Å²) in [6.45, 7) is 1.32. The number of carboxylic acids is 1. The second-order valence-corrected chi connectivity index (χ2v) is 6.25. The van der Waals surface area contributed by atoms with E-state index in [4.69, 9.17) is 28.3 Å². The molecule has 0 radical (unpaired) electrons. The van der Waals surface area contributed by atoms with Crippen molar-refractivity contribution in [2.75, 3.05) is 24.5 Å². The molecule has 134 valence electrons. The van der Waals surface area contributed by atoms with Gasteiger partial charge in [-0.05, 0) is 24.6 Å². The Labute approximate surface area is 154 Å². The molecule has 0 aromatic heterocycles. The molecule has 1 aliphatic rings. The molecule has 0 saturated carbocycles. The number of rotatable bonds is 6. The fourth-order valence-electron chi connectivity index (χ4n) is 2.46. The van der Waals surface area contributed by atoms with Gasteiger partial charge in [-0.2, -0.15) is 0 Å². The van der Waals surface area contributed by atoms with E-state index < -0.39 is 30.1 Å². The number of halogens is 2. The van der Waals surface area contributed by atoms with Gasteiger partial charge in [0.05, 0.1) is 22.2 Å². The van der Waals surface area contributed by atoms with Crippen LogP contribution in [-0.4, -0.2) is 52.5 Å². The van der Waals surface area contributed by atoms with Crippen LogP contribution in [0, 0.1) is 0 Å². The van der Waals surface area contributed by atoms with Crippen LogP contribution in [-0.2, 0) is 14.4 Å². The lowest BCUT2D eigenvalue weighted by Crippen LogP contribution is -2.36. The zero-order valence-electron chi connectivity index (χ0n) is 13.3. The van der Waals surface area contributed by atoms with Gasteiger partial charge in [0.1, 0.15) is 6.54 Å². The summed E-state index contributed by atoms with van der Waals surface area (Å²) in [6.07, 6.45) is 0.618. The molecule has 1 aromatic carbocycles. The van der Waals surface area contributed by atoms with Crippen molar-refractivity contribution in [3.8, 4) is 0 Å². The van der Waals surface area contributed by atoms with E-state index in [1.54, 1.807) is 12.1 Å². The van der Waals surface area contributed by atoms with E-state index in [0.29, 0.717) is 23.7 Å². The molecule has 7 nitrogen and oxygen atoms in total. The number of aliphatic hydroxyl groups excluding tert-OH is 1. The number of aliphatic hydroxyl groups is 1. The molecule has 1 heterocycles. The van der Waals surface area contributed by atoms with Crippen molar-refractivity contribution in [1.29, 1.82) is 0 Å². The van der Waals surface area contributed by atoms with Crippen molar-refractivity contribution in [2.24, 2.45) is 0 Å². The third-order valence-corrected chi connectivity index (χ3v) is 4.36. The number of carbonyl (C=O) groups excluding carboxylic acids is 2. The minimum atomic E-state index is -1.23. The van der Waals surface area contributed by atoms with Crippen LogP contribution in [0.4, 0.5) is 5.69 Å². The topological polar surface area (TPSA) is 98.2 Å². The third kappa shape index (κ3) is 4.05. The maximum absolute atomic E-state index is 12.8. The molecule has 0 saturated heterocycles. The molecule has 0 atom stereocenters. The zero-order valence-corrected chi connectivity index (χ0v) is 14.8. The summed E-state index contributed by atoms with van der Waals surface area (Å²) >= 11 is 11.9. The lowest BCUT2D eigenvalue weighted by molar-refractivity contribution is -0.142. The number of carbonyl (C=O) groups is 3. The van der Waals surface area contributed by atoms with Crippen LogP contribution in [0.15, 0.2) is 29.5 Å². The molecule has 1 aromatic rings. The lowest BCUT2D eigenvalue weighted by atomic mass is 10.2. The Morgan fingerprint density at radius 1 is 1.28 bits per heavy atom. The Balaban J connectivity index is 2.32. The van der Waals surface area contributed by atoms with Gasteiger partial charge in [-0.15, -0.1) is 0 Å². The van der Waals surface area contributed by atoms with Crippen molar-refractivity contribution in [3.63, 3.8) is 0 Å². The van der Waals surface area contributed by atoms with Crippen LogP contribution >= 0.6 is 23.2 Å². The van der Waals surface area contributed by atoms with Gasteiger partial charge in [0.2, 0.25) is 0 Å².